The van der Waals surface area contributed by atoms with Gasteiger partial charge in [-0.1, -0.05) is 12.1 Å². The standard InChI is InChI=1S/C25H31F2N5O2/c1-17-29-14-18(20(13-28)16-31-22-5-7-32(8-6-22)9-10-33)3-4-19(15-30-17)23-11-21(26)12-24(27)25(23)34-2/h3-4,11-16,22,28,31,33H,5-10H2,1-2H3,(H,29,30)/b4-3?,18-14?,19-15?,20-16+,28-13?. The quantitative estimate of drug-likeness (QED) is 0.439. The molecule has 0 radical (unpaired) electrons. The number of aliphatic hydroxyl groups is 1. The minimum Gasteiger partial charge on any atom is -0.493 e. The van der Waals surface area contributed by atoms with E-state index in [4.69, 9.17) is 15.3 Å². The fourth-order valence-corrected chi connectivity index (χ4v) is 3.86. The van der Waals surface area contributed by atoms with Crippen molar-refractivity contribution >= 4 is 11.8 Å². The van der Waals surface area contributed by atoms with Gasteiger partial charge in [0.1, 0.15) is 11.6 Å². The smallest absolute Gasteiger partial charge is 0.168 e. The SMILES string of the molecule is COc1c(F)cc(F)cc1-c1ccc(/C(C=N)=C/NC2CCN(CCO)CC2)cnc(C)[nH]c1. The molecule has 0 amide bonds. The second kappa shape index (κ2) is 12.2. The highest BCUT2D eigenvalue weighted by Crippen LogP contribution is 2.32. The topological polar surface area (TPSA) is 97.3 Å². The third-order valence-corrected chi connectivity index (χ3v) is 5.77. The molecule has 1 aromatic heterocycles. The second-order valence-electron chi connectivity index (χ2n) is 8.09. The molecule has 1 aliphatic rings. The monoisotopic (exact) mass is 471 g/mol. The molecule has 2 aromatic rings. The van der Waals surface area contributed by atoms with Crippen molar-refractivity contribution in [3.63, 3.8) is 0 Å². The fraction of sp³-hybridized carbons (Fsp3) is 0.360. The summed E-state index contributed by atoms with van der Waals surface area (Å²) in [4.78, 5) is 9.63. The van der Waals surface area contributed by atoms with Crippen LogP contribution in [0, 0.1) is 24.0 Å². The van der Waals surface area contributed by atoms with Crippen molar-refractivity contribution in [2.45, 2.75) is 25.8 Å². The highest BCUT2D eigenvalue weighted by atomic mass is 19.1. The van der Waals surface area contributed by atoms with Crippen LogP contribution >= 0.6 is 0 Å². The molecule has 2 heterocycles. The maximum Gasteiger partial charge on any atom is 0.168 e. The van der Waals surface area contributed by atoms with Crippen molar-refractivity contribution in [3.8, 4) is 16.9 Å². The van der Waals surface area contributed by atoms with E-state index in [1.165, 1.54) is 19.4 Å². The number of H-pyrrole nitrogens is 1. The Bertz CT molecular complexity index is 1080. The predicted octanol–water partition coefficient (Wildman–Crippen LogP) is 3.83. The summed E-state index contributed by atoms with van der Waals surface area (Å²) in [5.41, 5.74) is 2.02. The van der Waals surface area contributed by atoms with E-state index >= 15 is 0 Å². The molecule has 1 aliphatic heterocycles. The molecule has 0 atom stereocenters. The molecule has 4 N–H and O–H groups in total. The van der Waals surface area contributed by atoms with E-state index in [0.29, 0.717) is 29.1 Å². The van der Waals surface area contributed by atoms with Gasteiger partial charge in [0.15, 0.2) is 11.6 Å². The minimum atomic E-state index is -0.790. The van der Waals surface area contributed by atoms with E-state index in [2.05, 4.69) is 20.2 Å². The van der Waals surface area contributed by atoms with Gasteiger partial charge in [0.2, 0.25) is 0 Å². The van der Waals surface area contributed by atoms with Crippen LogP contribution in [0.1, 0.15) is 24.2 Å². The molecule has 0 unspecified atom stereocenters. The van der Waals surface area contributed by atoms with Crippen LogP contribution in [0.3, 0.4) is 0 Å². The average molecular weight is 472 g/mol. The first-order chi connectivity index (χ1) is 16.4. The van der Waals surface area contributed by atoms with Gasteiger partial charge in [-0.2, -0.15) is 0 Å². The number of piperidine rings is 1. The largest absolute Gasteiger partial charge is 0.493 e. The number of ether oxygens (including phenoxy) is 1. The Morgan fingerprint density at radius 1 is 1.32 bits per heavy atom. The molecule has 0 aliphatic carbocycles. The van der Waals surface area contributed by atoms with Crippen LogP contribution in [-0.4, -0.2) is 65.6 Å². The molecule has 1 fully saturated rings. The summed E-state index contributed by atoms with van der Waals surface area (Å²) in [5.74, 6) is -0.987. The van der Waals surface area contributed by atoms with Gasteiger partial charge >= 0.3 is 0 Å². The lowest BCUT2D eigenvalue weighted by Gasteiger charge is -2.31. The van der Waals surface area contributed by atoms with Crippen LogP contribution in [0.2, 0.25) is 0 Å². The fourth-order valence-electron chi connectivity index (χ4n) is 3.86. The van der Waals surface area contributed by atoms with Crippen LogP contribution in [0.5, 0.6) is 5.75 Å². The number of aliphatic hydroxyl groups excluding tert-OH is 1. The molecule has 182 valence electrons. The highest BCUT2D eigenvalue weighted by Gasteiger charge is 2.18. The number of nitrogens with zero attached hydrogens (tertiary/aromatic N) is 2. The van der Waals surface area contributed by atoms with Crippen LogP contribution in [0.15, 0.2) is 42.9 Å². The first-order valence-electron chi connectivity index (χ1n) is 11.2. The number of β-amino-alcohol motifs (C(OH)–C–C–N with tert-alkyl or cyclic N) is 1. The summed E-state index contributed by atoms with van der Waals surface area (Å²) in [5, 5.41) is 20.4. The van der Waals surface area contributed by atoms with E-state index in [1.54, 1.807) is 37.7 Å². The number of hydrogen-bond donors (Lipinski definition) is 4. The molecular formula is C25H31F2N5O2. The molecule has 1 saturated heterocycles. The number of rotatable bonds is 8. The molecule has 0 spiro atoms. The zero-order chi connectivity index (χ0) is 24.5. The minimum absolute atomic E-state index is 0.0597. The number of nitrogens with one attached hydrogen (secondary N) is 3. The molecule has 7 nitrogen and oxygen atoms in total. The van der Waals surface area contributed by atoms with Crippen LogP contribution in [0.4, 0.5) is 8.78 Å². The Hall–Kier alpha value is -3.30. The Morgan fingerprint density at radius 2 is 2.09 bits per heavy atom. The molecule has 34 heavy (non-hydrogen) atoms. The number of halogens is 2. The number of hydrogen-bond acceptors (Lipinski definition) is 6. The van der Waals surface area contributed by atoms with E-state index < -0.39 is 11.6 Å². The Labute approximate surface area is 198 Å². The van der Waals surface area contributed by atoms with Crippen molar-refractivity contribution in [1.29, 1.82) is 5.41 Å². The Kier molecular flexibility index (Phi) is 9.12. The normalized spacial score (nSPS) is 15.0. The number of allylic oxidation sites excluding steroid dienone is 1. The van der Waals surface area contributed by atoms with Crippen molar-refractivity contribution < 1.29 is 18.6 Å². The lowest BCUT2D eigenvalue weighted by atomic mass is 10.0. The van der Waals surface area contributed by atoms with Crippen LogP contribution < -0.4 is 10.1 Å². The number of methoxy groups -OCH3 is 1. The lowest BCUT2D eigenvalue weighted by Crippen LogP contribution is -2.41. The summed E-state index contributed by atoms with van der Waals surface area (Å²) >= 11 is 0. The highest BCUT2D eigenvalue weighted by molar-refractivity contribution is 6.08. The third-order valence-electron chi connectivity index (χ3n) is 5.77. The van der Waals surface area contributed by atoms with Crippen molar-refractivity contribution in [2.24, 2.45) is 0 Å². The molecule has 3 rings (SSSR count). The zero-order valence-electron chi connectivity index (χ0n) is 19.4. The molecule has 0 saturated carbocycles. The van der Waals surface area contributed by atoms with Gasteiger partial charge in [-0.3, -0.25) is 0 Å². The third kappa shape index (κ3) is 6.61. The number of benzene rings is 1. The summed E-state index contributed by atoms with van der Waals surface area (Å²) in [6.07, 6.45) is 8.17. The first-order valence-corrected chi connectivity index (χ1v) is 11.2. The van der Waals surface area contributed by atoms with Crippen LogP contribution in [-0.2, 0) is 0 Å². The average Bonchev–Trinajstić information content (AvgIpc) is 2.91. The van der Waals surface area contributed by atoms with Gasteiger partial charge in [0.25, 0.3) is 0 Å². The van der Waals surface area contributed by atoms with Crippen molar-refractivity contribution in [1.82, 2.24) is 20.2 Å². The number of aromatic amines is 1. The first kappa shape index (κ1) is 25.3. The Balaban J connectivity index is 1.93. The van der Waals surface area contributed by atoms with E-state index in [1.807, 2.05) is 0 Å². The molecule has 1 aromatic carbocycles. The summed E-state index contributed by atoms with van der Waals surface area (Å²) in [6.45, 7) is 4.43. The van der Waals surface area contributed by atoms with Gasteiger partial charge < -0.3 is 30.5 Å². The van der Waals surface area contributed by atoms with Gasteiger partial charge in [-0.15, -0.1) is 0 Å². The number of aryl methyl sites for hydroxylation is 1. The predicted molar refractivity (Wildman–Crippen MR) is 129 cm³/mol. The molecule has 9 heteroatoms. The lowest BCUT2D eigenvalue weighted by molar-refractivity contribution is 0.160. The number of likely N-dealkylation sites (tertiary alicyclic amines) is 1. The van der Waals surface area contributed by atoms with E-state index in [9.17, 15) is 8.78 Å². The Morgan fingerprint density at radius 3 is 2.76 bits per heavy atom. The molecular weight excluding hydrogens is 440 g/mol. The zero-order valence-corrected chi connectivity index (χ0v) is 19.4. The van der Waals surface area contributed by atoms with Gasteiger partial charge in [0, 0.05) is 78.8 Å². The van der Waals surface area contributed by atoms with Crippen molar-refractivity contribution in [2.75, 3.05) is 33.4 Å². The summed E-state index contributed by atoms with van der Waals surface area (Å²) in [6, 6.07) is 5.72. The van der Waals surface area contributed by atoms with Crippen molar-refractivity contribution in [3.05, 3.63) is 65.9 Å². The maximum absolute atomic E-state index is 14.3. The van der Waals surface area contributed by atoms with E-state index in [-0.39, 0.29) is 24.0 Å². The summed E-state index contributed by atoms with van der Waals surface area (Å²) in [7, 11) is 1.33. The maximum atomic E-state index is 14.3. The molecule has 0 bridgehead atoms. The van der Waals surface area contributed by atoms with Gasteiger partial charge in [0.05, 0.1) is 13.7 Å². The van der Waals surface area contributed by atoms with Gasteiger partial charge in [-0.25, -0.2) is 13.8 Å². The van der Waals surface area contributed by atoms with Gasteiger partial charge in [-0.05, 0) is 25.8 Å². The van der Waals surface area contributed by atoms with Crippen LogP contribution in [0.25, 0.3) is 16.7 Å². The second-order valence-corrected chi connectivity index (χ2v) is 8.09. The van der Waals surface area contributed by atoms with E-state index in [0.717, 1.165) is 32.0 Å². The summed E-state index contributed by atoms with van der Waals surface area (Å²) < 4.78 is 33.4. The number of aromatic nitrogens is 2.